The molecule has 2 unspecified atom stereocenters. The highest BCUT2D eigenvalue weighted by atomic mass is 31.2. The second-order valence-electron chi connectivity index (χ2n) is 12.8. The van der Waals surface area contributed by atoms with Gasteiger partial charge in [0.25, 0.3) is 0 Å². The Morgan fingerprint density at radius 2 is 1.04 bits per heavy atom. The van der Waals surface area contributed by atoms with Crippen molar-refractivity contribution in [3.05, 3.63) is 85.1 Å². The van der Waals surface area contributed by atoms with Gasteiger partial charge in [0.05, 0.1) is 13.2 Å². The first-order valence-corrected chi connectivity index (χ1v) is 21.6. The third-order valence-corrected chi connectivity index (χ3v) is 8.78. The molecule has 0 aromatic rings. The second-order valence-corrected chi connectivity index (χ2v) is 14.2. The number of phosphoric ester groups is 1. The fourth-order valence-electron chi connectivity index (χ4n) is 4.85. The van der Waals surface area contributed by atoms with Gasteiger partial charge in [0, 0.05) is 19.4 Å². The van der Waals surface area contributed by atoms with Gasteiger partial charge >= 0.3 is 19.8 Å². The number of esters is 2. The lowest BCUT2D eigenvalue weighted by molar-refractivity contribution is -0.161. The van der Waals surface area contributed by atoms with Crippen molar-refractivity contribution in [3.8, 4) is 0 Å². The number of allylic oxidation sites excluding steroid dienone is 14. The van der Waals surface area contributed by atoms with E-state index in [2.05, 4.69) is 98.9 Å². The minimum Gasteiger partial charge on any atom is -0.462 e. The maximum atomic E-state index is 12.5. The number of nitrogens with two attached hydrogens (primary N) is 1. The molecule has 0 aliphatic rings. The molecule has 0 aromatic heterocycles. The fourth-order valence-corrected chi connectivity index (χ4v) is 5.61. The van der Waals surface area contributed by atoms with E-state index in [-0.39, 0.29) is 32.6 Å². The Bertz CT molecular complexity index is 1140. The van der Waals surface area contributed by atoms with Crippen LogP contribution in [0.4, 0.5) is 0 Å². The summed E-state index contributed by atoms with van der Waals surface area (Å²) in [6, 6.07) is 0. The Hall–Kier alpha value is -2.81. The van der Waals surface area contributed by atoms with E-state index in [1.165, 1.54) is 19.3 Å². The minimum absolute atomic E-state index is 0.0435. The first kappa shape index (κ1) is 50.2. The van der Waals surface area contributed by atoms with Gasteiger partial charge in [-0.3, -0.25) is 18.6 Å². The second kappa shape index (κ2) is 38.9. The van der Waals surface area contributed by atoms with Crippen molar-refractivity contribution in [2.24, 2.45) is 5.73 Å². The lowest BCUT2D eigenvalue weighted by Crippen LogP contribution is -2.29. The molecule has 0 saturated heterocycles. The van der Waals surface area contributed by atoms with E-state index in [0.29, 0.717) is 6.42 Å². The highest BCUT2D eigenvalue weighted by molar-refractivity contribution is 7.47. The Balaban J connectivity index is 4.19. The largest absolute Gasteiger partial charge is 0.472 e. The molecule has 0 saturated carbocycles. The van der Waals surface area contributed by atoms with Crippen molar-refractivity contribution >= 4 is 19.8 Å². The molecule has 0 spiro atoms. The molecular weight excluding hydrogens is 689 g/mol. The van der Waals surface area contributed by atoms with Crippen molar-refractivity contribution in [1.82, 2.24) is 0 Å². The average Bonchev–Trinajstić information content (AvgIpc) is 3.14. The smallest absolute Gasteiger partial charge is 0.462 e. The van der Waals surface area contributed by atoms with E-state index in [0.717, 1.165) is 89.9 Å². The van der Waals surface area contributed by atoms with E-state index >= 15 is 0 Å². The van der Waals surface area contributed by atoms with Gasteiger partial charge in [0.1, 0.15) is 6.61 Å². The summed E-state index contributed by atoms with van der Waals surface area (Å²) in [5.74, 6) is -0.884. The predicted octanol–water partition coefficient (Wildman–Crippen LogP) is 11.3. The molecule has 53 heavy (non-hydrogen) atoms. The van der Waals surface area contributed by atoms with Crippen LogP contribution in [0.3, 0.4) is 0 Å². The lowest BCUT2D eigenvalue weighted by atomic mass is 10.1. The third-order valence-electron chi connectivity index (χ3n) is 7.80. The summed E-state index contributed by atoms with van der Waals surface area (Å²) in [4.78, 5) is 34.6. The summed E-state index contributed by atoms with van der Waals surface area (Å²) in [6.07, 6.45) is 47.8. The number of rotatable bonds is 36. The zero-order chi connectivity index (χ0) is 38.9. The number of hydrogen-bond donors (Lipinski definition) is 2. The van der Waals surface area contributed by atoms with Crippen LogP contribution in [-0.2, 0) is 32.7 Å². The summed E-state index contributed by atoms with van der Waals surface area (Å²) in [5.41, 5.74) is 5.32. The van der Waals surface area contributed by atoms with Gasteiger partial charge in [-0.15, -0.1) is 0 Å². The molecule has 9 nitrogen and oxygen atoms in total. The van der Waals surface area contributed by atoms with E-state index in [1.807, 2.05) is 0 Å². The molecule has 3 N–H and O–H groups in total. The van der Waals surface area contributed by atoms with Crippen LogP contribution in [0.5, 0.6) is 0 Å². The molecule has 0 amide bonds. The SMILES string of the molecule is CC/C=C\C/C=C\C/C=C\C/C=C\C/C=C\C/C=C\C/C=C\CCCCCC(=O)OC(COC(=O)CCCCCCCCC)COP(=O)(O)OCCN. The van der Waals surface area contributed by atoms with Crippen LogP contribution in [0.2, 0.25) is 0 Å². The number of carbonyl (C=O) groups excluding carboxylic acids is 2. The molecule has 10 heteroatoms. The summed E-state index contributed by atoms with van der Waals surface area (Å²) in [7, 11) is -4.38. The number of phosphoric acid groups is 1. The van der Waals surface area contributed by atoms with Gasteiger partial charge in [-0.05, 0) is 70.6 Å². The molecule has 2 atom stereocenters. The van der Waals surface area contributed by atoms with Crippen LogP contribution in [0.15, 0.2) is 85.1 Å². The first-order chi connectivity index (χ1) is 25.8. The molecule has 0 aliphatic heterocycles. The Morgan fingerprint density at radius 3 is 1.55 bits per heavy atom. The van der Waals surface area contributed by atoms with Gasteiger partial charge in [0.15, 0.2) is 6.10 Å². The summed E-state index contributed by atoms with van der Waals surface area (Å²) in [5, 5.41) is 0. The van der Waals surface area contributed by atoms with Crippen LogP contribution >= 0.6 is 7.82 Å². The quantitative estimate of drug-likeness (QED) is 0.0277. The monoisotopic (exact) mass is 761 g/mol. The molecule has 0 rings (SSSR count). The Kier molecular flexibility index (Phi) is 36.8. The predicted molar refractivity (Wildman–Crippen MR) is 219 cm³/mol. The Morgan fingerprint density at radius 1 is 0.585 bits per heavy atom. The van der Waals surface area contributed by atoms with E-state index in [9.17, 15) is 19.0 Å². The highest BCUT2D eigenvalue weighted by Gasteiger charge is 2.25. The molecule has 0 bridgehead atoms. The van der Waals surface area contributed by atoms with Gasteiger partial charge in [-0.25, -0.2) is 4.57 Å². The normalized spacial score (nSPS) is 14.3. The van der Waals surface area contributed by atoms with Gasteiger partial charge in [0.2, 0.25) is 0 Å². The maximum absolute atomic E-state index is 12.5. The van der Waals surface area contributed by atoms with Crippen LogP contribution < -0.4 is 5.73 Å². The van der Waals surface area contributed by atoms with E-state index < -0.39 is 32.5 Å². The third kappa shape index (κ3) is 38.7. The summed E-state index contributed by atoms with van der Waals surface area (Å²) < 4.78 is 32.5. The van der Waals surface area contributed by atoms with Crippen LogP contribution in [0.25, 0.3) is 0 Å². The summed E-state index contributed by atoms with van der Waals surface area (Å²) >= 11 is 0. The molecule has 0 aromatic carbocycles. The van der Waals surface area contributed by atoms with Crippen molar-refractivity contribution < 1.29 is 37.6 Å². The molecule has 0 radical (unpaired) electrons. The number of carbonyl (C=O) groups is 2. The van der Waals surface area contributed by atoms with E-state index in [1.54, 1.807) is 0 Å². The van der Waals surface area contributed by atoms with Crippen molar-refractivity contribution in [2.75, 3.05) is 26.4 Å². The lowest BCUT2D eigenvalue weighted by Gasteiger charge is -2.19. The van der Waals surface area contributed by atoms with Crippen molar-refractivity contribution in [2.45, 2.75) is 148 Å². The zero-order valence-electron chi connectivity index (χ0n) is 33.0. The standard InChI is InChI=1S/C43H72NO8P/c1-3-5-7-9-11-12-13-14-15-16-17-18-19-20-21-22-23-24-25-26-27-28-30-32-34-36-43(46)52-41(40-51-53(47,48)50-38-37-44)39-49-42(45)35-33-31-29-10-8-6-4-2/h5,7,11-12,14-15,17-18,20-21,23-24,26-27,41H,3-4,6,8-10,13,16,19,22,25,28-40,44H2,1-2H3,(H,47,48)/b7-5-,12-11-,15-14-,18-17-,21-20-,24-23-,27-26-. The first-order valence-electron chi connectivity index (χ1n) is 20.1. The number of hydrogen-bond acceptors (Lipinski definition) is 8. The molecular formula is C43H72NO8P. The van der Waals surface area contributed by atoms with Gasteiger partial charge in [-0.2, -0.15) is 0 Å². The maximum Gasteiger partial charge on any atom is 0.472 e. The highest BCUT2D eigenvalue weighted by Crippen LogP contribution is 2.43. The summed E-state index contributed by atoms with van der Waals surface area (Å²) in [6.45, 7) is 3.49. The molecule has 0 heterocycles. The van der Waals surface area contributed by atoms with Gasteiger partial charge in [-0.1, -0.05) is 144 Å². The average molecular weight is 762 g/mol. The fraction of sp³-hybridized carbons (Fsp3) is 0.628. The minimum atomic E-state index is -4.38. The molecule has 302 valence electrons. The van der Waals surface area contributed by atoms with Crippen molar-refractivity contribution in [3.63, 3.8) is 0 Å². The van der Waals surface area contributed by atoms with Gasteiger partial charge < -0.3 is 20.1 Å². The van der Waals surface area contributed by atoms with E-state index in [4.69, 9.17) is 24.3 Å². The number of unbranched alkanes of at least 4 members (excludes halogenated alkanes) is 9. The van der Waals surface area contributed by atoms with Crippen LogP contribution in [0, 0.1) is 0 Å². The van der Waals surface area contributed by atoms with Crippen molar-refractivity contribution in [1.29, 1.82) is 0 Å². The van der Waals surface area contributed by atoms with Crippen LogP contribution in [-0.4, -0.2) is 49.3 Å². The van der Waals surface area contributed by atoms with Crippen LogP contribution in [0.1, 0.15) is 142 Å². The molecule has 0 aliphatic carbocycles. The molecule has 0 fully saturated rings. The number of ether oxygens (including phenoxy) is 2. The Labute approximate surface area is 322 Å². The topological polar surface area (TPSA) is 134 Å². The zero-order valence-corrected chi connectivity index (χ0v) is 33.9.